The third-order valence-electron chi connectivity index (χ3n) is 3.91. The number of benzene rings is 1. The zero-order chi connectivity index (χ0) is 14.1. The van der Waals surface area contributed by atoms with Gasteiger partial charge in [-0.1, -0.05) is 0 Å². The normalized spacial score (nSPS) is 17.6. The lowest BCUT2D eigenvalue weighted by atomic mass is 10.1. The quantitative estimate of drug-likeness (QED) is 0.892. The molecule has 0 saturated carbocycles. The van der Waals surface area contributed by atoms with Crippen molar-refractivity contribution in [1.82, 2.24) is 14.8 Å². The van der Waals surface area contributed by atoms with Crippen LogP contribution in [0.1, 0.15) is 16.1 Å². The second-order valence-electron chi connectivity index (χ2n) is 5.48. The van der Waals surface area contributed by atoms with Crippen LogP contribution in [0.25, 0.3) is 10.9 Å². The Morgan fingerprint density at radius 1 is 1.25 bits per heavy atom. The number of nitrogens with zero attached hydrogens (tertiary/aromatic N) is 2. The van der Waals surface area contributed by atoms with Crippen LogP contribution in [0.5, 0.6) is 0 Å². The van der Waals surface area contributed by atoms with E-state index in [-0.39, 0.29) is 0 Å². The van der Waals surface area contributed by atoms with E-state index in [0.717, 1.165) is 49.3 Å². The molecule has 0 unspecified atom stereocenters. The summed E-state index contributed by atoms with van der Waals surface area (Å²) in [7, 11) is 2.15. The van der Waals surface area contributed by atoms with Crippen LogP contribution in [0.2, 0.25) is 0 Å². The highest BCUT2D eigenvalue weighted by atomic mass is 16.4. The van der Waals surface area contributed by atoms with Crippen LogP contribution in [0.3, 0.4) is 0 Å². The Kier molecular flexibility index (Phi) is 3.46. The zero-order valence-corrected chi connectivity index (χ0v) is 11.6. The number of likely N-dealkylation sites (N-methyl/N-ethyl adjacent to an activating group) is 1. The molecule has 0 radical (unpaired) electrons. The summed E-state index contributed by atoms with van der Waals surface area (Å²) >= 11 is 0. The number of nitrogens with one attached hydrogen (secondary N) is 1. The number of H-pyrrole nitrogens is 1. The first-order valence-corrected chi connectivity index (χ1v) is 6.88. The van der Waals surface area contributed by atoms with Crippen LogP contribution in [0.15, 0.2) is 24.3 Å². The van der Waals surface area contributed by atoms with Gasteiger partial charge in [-0.15, -0.1) is 0 Å². The molecule has 3 rings (SSSR count). The van der Waals surface area contributed by atoms with Gasteiger partial charge in [-0.05, 0) is 31.3 Å². The van der Waals surface area contributed by atoms with Crippen molar-refractivity contribution >= 4 is 16.9 Å². The minimum absolute atomic E-state index is 0.336. The van der Waals surface area contributed by atoms with E-state index < -0.39 is 5.97 Å². The average Bonchev–Trinajstić information content (AvgIpc) is 2.82. The molecule has 0 bridgehead atoms. The van der Waals surface area contributed by atoms with Crippen LogP contribution in [0.4, 0.5) is 0 Å². The Hall–Kier alpha value is -1.85. The highest BCUT2D eigenvalue weighted by Gasteiger charge is 2.15. The van der Waals surface area contributed by atoms with Crippen LogP contribution in [0, 0.1) is 0 Å². The van der Waals surface area contributed by atoms with Gasteiger partial charge < -0.3 is 15.0 Å². The van der Waals surface area contributed by atoms with Gasteiger partial charge in [0, 0.05) is 49.3 Å². The summed E-state index contributed by atoms with van der Waals surface area (Å²) in [5.41, 5.74) is 2.48. The summed E-state index contributed by atoms with van der Waals surface area (Å²) in [5.74, 6) is -0.881. The molecule has 5 nitrogen and oxygen atoms in total. The molecule has 1 aromatic carbocycles. The lowest BCUT2D eigenvalue weighted by molar-refractivity contribution is 0.0697. The van der Waals surface area contributed by atoms with Crippen molar-refractivity contribution < 1.29 is 9.90 Å². The molecule has 20 heavy (non-hydrogen) atoms. The molecule has 2 heterocycles. The van der Waals surface area contributed by atoms with E-state index in [2.05, 4.69) is 27.9 Å². The Morgan fingerprint density at radius 3 is 2.70 bits per heavy atom. The lowest BCUT2D eigenvalue weighted by Crippen LogP contribution is -2.43. The van der Waals surface area contributed by atoms with Crippen molar-refractivity contribution in [3.8, 4) is 0 Å². The molecule has 0 aliphatic carbocycles. The van der Waals surface area contributed by atoms with E-state index >= 15 is 0 Å². The highest BCUT2D eigenvalue weighted by molar-refractivity contribution is 5.93. The molecular weight excluding hydrogens is 254 g/mol. The third-order valence-corrected chi connectivity index (χ3v) is 3.91. The Balaban J connectivity index is 1.77. The molecular formula is C15H19N3O2. The molecule has 1 saturated heterocycles. The maximum Gasteiger partial charge on any atom is 0.335 e. The molecule has 0 spiro atoms. The fourth-order valence-corrected chi connectivity index (χ4v) is 2.66. The van der Waals surface area contributed by atoms with E-state index in [4.69, 9.17) is 5.11 Å². The first-order valence-electron chi connectivity index (χ1n) is 6.88. The van der Waals surface area contributed by atoms with Gasteiger partial charge in [-0.2, -0.15) is 0 Å². The third kappa shape index (κ3) is 2.69. The minimum Gasteiger partial charge on any atom is -0.478 e. The van der Waals surface area contributed by atoms with Gasteiger partial charge in [0.2, 0.25) is 0 Å². The summed E-state index contributed by atoms with van der Waals surface area (Å²) in [6.07, 6.45) is 0. The molecule has 0 amide bonds. The first-order chi connectivity index (χ1) is 9.61. The van der Waals surface area contributed by atoms with Gasteiger partial charge in [0.25, 0.3) is 0 Å². The lowest BCUT2D eigenvalue weighted by Gasteiger charge is -2.31. The van der Waals surface area contributed by atoms with E-state index in [0.29, 0.717) is 5.56 Å². The second-order valence-corrected chi connectivity index (χ2v) is 5.48. The fourth-order valence-electron chi connectivity index (χ4n) is 2.66. The molecule has 1 fully saturated rings. The number of carboxylic acid groups (broad SMARTS) is 1. The van der Waals surface area contributed by atoms with Crippen molar-refractivity contribution in [3.63, 3.8) is 0 Å². The molecule has 2 aromatic rings. The predicted octanol–water partition coefficient (Wildman–Crippen LogP) is 1.61. The van der Waals surface area contributed by atoms with E-state index in [1.807, 2.05) is 6.07 Å². The zero-order valence-electron chi connectivity index (χ0n) is 11.6. The Labute approximate surface area is 117 Å². The highest BCUT2D eigenvalue weighted by Crippen LogP contribution is 2.19. The number of aromatic nitrogens is 1. The summed E-state index contributed by atoms with van der Waals surface area (Å²) in [6, 6.07) is 7.26. The number of hydrogen-bond donors (Lipinski definition) is 2. The monoisotopic (exact) mass is 273 g/mol. The number of piperazine rings is 1. The van der Waals surface area contributed by atoms with Crippen LogP contribution >= 0.6 is 0 Å². The van der Waals surface area contributed by atoms with E-state index in [1.165, 1.54) is 0 Å². The van der Waals surface area contributed by atoms with E-state index in [9.17, 15) is 4.79 Å². The minimum atomic E-state index is -0.881. The maximum absolute atomic E-state index is 11.0. The average molecular weight is 273 g/mol. The van der Waals surface area contributed by atoms with Crippen molar-refractivity contribution in [2.75, 3.05) is 33.2 Å². The summed E-state index contributed by atoms with van der Waals surface area (Å²) in [5, 5.41) is 9.98. The molecule has 5 heteroatoms. The number of aromatic amines is 1. The largest absolute Gasteiger partial charge is 0.478 e. The molecule has 1 aromatic heterocycles. The molecule has 1 aliphatic heterocycles. The number of carbonyl (C=O) groups is 1. The molecule has 1 aliphatic rings. The van der Waals surface area contributed by atoms with Crippen LogP contribution in [-0.4, -0.2) is 59.1 Å². The SMILES string of the molecule is CN1CCN(Cc2cc3cc(C(=O)O)ccc3[nH]2)CC1. The van der Waals surface area contributed by atoms with Crippen molar-refractivity contribution in [3.05, 3.63) is 35.5 Å². The smallest absolute Gasteiger partial charge is 0.335 e. The fraction of sp³-hybridized carbons (Fsp3) is 0.400. The number of hydrogen-bond acceptors (Lipinski definition) is 3. The summed E-state index contributed by atoms with van der Waals surface area (Å²) in [4.78, 5) is 19.1. The topological polar surface area (TPSA) is 59.6 Å². The van der Waals surface area contributed by atoms with Crippen LogP contribution < -0.4 is 0 Å². The van der Waals surface area contributed by atoms with E-state index in [1.54, 1.807) is 12.1 Å². The number of carboxylic acids is 1. The number of rotatable bonds is 3. The van der Waals surface area contributed by atoms with Crippen molar-refractivity contribution in [1.29, 1.82) is 0 Å². The van der Waals surface area contributed by atoms with Gasteiger partial charge in [0.15, 0.2) is 0 Å². The molecule has 0 atom stereocenters. The van der Waals surface area contributed by atoms with Crippen molar-refractivity contribution in [2.24, 2.45) is 0 Å². The molecule has 2 N–H and O–H groups in total. The van der Waals surface area contributed by atoms with Gasteiger partial charge >= 0.3 is 5.97 Å². The summed E-state index contributed by atoms with van der Waals surface area (Å²) in [6.45, 7) is 5.25. The maximum atomic E-state index is 11.0. The van der Waals surface area contributed by atoms with Crippen molar-refractivity contribution in [2.45, 2.75) is 6.54 Å². The Morgan fingerprint density at radius 2 is 2.00 bits per heavy atom. The number of fused-ring (bicyclic) bond motifs is 1. The standard InChI is InChI=1S/C15H19N3O2/c1-17-4-6-18(7-5-17)10-13-9-12-8-11(15(19)20)2-3-14(12)16-13/h2-3,8-9,16H,4-7,10H2,1H3,(H,19,20). The van der Waals surface area contributed by atoms with Gasteiger partial charge in [-0.3, -0.25) is 4.90 Å². The van der Waals surface area contributed by atoms with Gasteiger partial charge in [-0.25, -0.2) is 4.79 Å². The Bertz CT molecular complexity index is 627. The van der Waals surface area contributed by atoms with Crippen LogP contribution in [-0.2, 0) is 6.54 Å². The second kappa shape index (κ2) is 5.26. The van der Waals surface area contributed by atoms with Gasteiger partial charge in [0.1, 0.15) is 0 Å². The first kappa shape index (κ1) is 13.1. The van der Waals surface area contributed by atoms with Gasteiger partial charge in [0.05, 0.1) is 5.56 Å². The summed E-state index contributed by atoms with van der Waals surface area (Å²) < 4.78 is 0. The number of aromatic carboxylic acids is 1. The molecule has 106 valence electrons. The predicted molar refractivity (Wildman–Crippen MR) is 78.0 cm³/mol.